The van der Waals surface area contributed by atoms with Crippen LogP contribution < -0.4 is 5.32 Å². The van der Waals surface area contributed by atoms with E-state index in [0.717, 1.165) is 6.42 Å². The van der Waals surface area contributed by atoms with Gasteiger partial charge < -0.3 is 34.1 Å². The summed E-state index contributed by atoms with van der Waals surface area (Å²) in [5.41, 5.74) is 0.0900. The zero-order valence-corrected chi connectivity index (χ0v) is 15.7. The number of rotatable bonds is 10. The molecule has 1 heterocycles. The molecule has 25 heavy (non-hydrogen) atoms. The van der Waals surface area contributed by atoms with Gasteiger partial charge in [-0.15, -0.1) is 0 Å². The van der Waals surface area contributed by atoms with Crippen LogP contribution in [-0.2, 0) is 28.5 Å². The fourth-order valence-corrected chi connectivity index (χ4v) is 3.11. The fourth-order valence-electron chi connectivity index (χ4n) is 3.11. The van der Waals surface area contributed by atoms with Crippen molar-refractivity contribution in [1.82, 2.24) is 5.32 Å². The largest absolute Gasteiger partial charge is 0.391 e. The minimum absolute atomic E-state index is 0.0900. The van der Waals surface area contributed by atoms with Crippen LogP contribution in [0.1, 0.15) is 19.8 Å². The molecule has 0 saturated carbocycles. The van der Waals surface area contributed by atoms with Crippen LogP contribution in [0, 0.1) is 0 Å². The Bertz CT molecular complexity index is 431. The molecule has 1 rings (SSSR count). The zero-order chi connectivity index (χ0) is 19.0. The third kappa shape index (κ3) is 5.22. The molecule has 0 aromatic carbocycles. The lowest BCUT2D eigenvalue weighted by molar-refractivity contribution is -0.306. The number of amides is 1. The van der Waals surface area contributed by atoms with Gasteiger partial charge in [-0.3, -0.25) is 4.79 Å². The number of aliphatic hydroxyl groups excluding tert-OH is 1. The molecule has 0 spiro atoms. The first kappa shape index (κ1) is 22.0. The Morgan fingerprint density at radius 3 is 2.16 bits per heavy atom. The maximum Gasteiger partial charge on any atom is 0.249 e. The van der Waals surface area contributed by atoms with Crippen molar-refractivity contribution < 1.29 is 33.6 Å². The Balaban J connectivity index is 3.08. The first-order valence-electron chi connectivity index (χ1n) is 8.35. The lowest BCUT2D eigenvalue weighted by atomic mass is 9.91. The van der Waals surface area contributed by atoms with E-state index in [2.05, 4.69) is 11.9 Å². The summed E-state index contributed by atoms with van der Waals surface area (Å²) in [6, 6.07) is -0.362. The molecule has 1 fully saturated rings. The van der Waals surface area contributed by atoms with Gasteiger partial charge in [0.15, 0.2) is 6.29 Å². The van der Waals surface area contributed by atoms with Gasteiger partial charge in [0.1, 0.15) is 24.4 Å². The number of carbonyl (C=O) groups excluding carboxylic acids is 1. The van der Waals surface area contributed by atoms with Crippen LogP contribution in [0.25, 0.3) is 0 Å². The Hall–Kier alpha value is -1.03. The lowest BCUT2D eigenvalue weighted by Crippen LogP contribution is -2.65. The van der Waals surface area contributed by atoms with E-state index in [4.69, 9.17) is 28.8 Å². The Kier molecular flexibility index (Phi) is 9.55. The molecule has 0 bridgehead atoms. The molecule has 1 saturated heterocycles. The number of hydrogen-bond acceptors (Lipinski definition) is 7. The third-order valence-electron chi connectivity index (χ3n) is 4.40. The van der Waals surface area contributed by atoms with Gasteiger partial charge in [-0.2, -0.15) is 0 Å². The molecular weight excluding hydrogens is 330 g/mol. The second-order valence-electron chi connectivity index (χ2n) is 5.94. The highest BCUT2D eigenvalue weighted by molar-refractivity contribution is 5.93. The maximum atomic E-state index is 12.2. The molecule has 6 atom stereocenters. The third-order valence-corrected chi connectivity index (χ3v) is 4.40. The second kappa shape index (κ2) is 10.8. The van der Waals surface area contributed by atoms with E-state index < -0.39 is 43.2 Å². The minimum Gasteiger partial charge on any atom is -0.391 e. The molecule has 1 amide bonds. The van der Waals surface area contributed by atoms with E-state index in [1.807, 2.05) is 6.92 Å². The molecule has 1 aliphatic heterocycles. The second-order valence-corrected chi connectivity index (χ2v) is 5.94. The molecule has 0 aromatic rings. The van der Waals surface area contributed by atoms with Crippen molar-refractivity contribution in [3.05, 3.63) is 12.2 Å². The number of methoxy groups -OCH3 is 4. The van der Waals surface area contributed by atoms with Gasteiger partial charge in [0.25, 0.3) is 0 Å². The smallest absolute Gasteiger partial charge is 0.249 e. The van der Waals surface area contributed by atoms with E-state index in [0.29, 0.717) is 6.42 Å². The fraction of sp³-hybridized carbons (Fsp3) is 0.824. The Morgan fingerprint density at radius 1 is 1.12 bits per heavy atom. The van der Waals surface area contributed by atoms with Crippen LogP contribution >= 0.6 is 0 Å². The summed E-state index contributed by atoms with van der Waals surface area (Å²) in [5, 5.41) is 12.0. The Morgan fingerprint density at radius 2 is 1.72 bits per heavy atom. The van der Waals surface area contributed by atoms with Gasteiger partial charge in [-0.25, -0.2) is 0 Å². The summed E-state index contributed by atoms with van der Waals surface area (Å²) in [7, 11) is 6.20. The normalized spacial score (nSPS) is 30.7. The molecule has 0 radical (unpaired) electrons. The van der Waals surface area contributed by atoms with Gasteiger partial charge in [-0.1, -0.05) is 19.9 Å². The van der Waals surface area contributed by atoms with Crippen molar-refractivity contribution in [2.45, 2.75) is 56.5 Å². The number of ether oxygens (including phenoxy) is 5. The topological polar surface area (TPSA) is 95.5 Å². The summed E-state index contributed by atoms with van der Waals surface area (Å²) in [5.74, 6) is -0.420. The molecule has 0 aromatic heterocycles. The number of hydrogen-bond donors (Lipinski definition) is 2. The van der Waals surface area contributed by atoms with Crippen LogP contribution in [0.15, 0.2) is 12.2 Å². The predicted molar refractivity (Wildman–Crippen MR) is 91.1 cm³/mol. The number of aliphatic hydroxyl groups is 1. The van der Waals surface area contributed by atoms with Crippen molar-refractivity contribution in [1.29, 1.82) is 0 Å². The van der Waals surface area contributed by atoms with Crippen molar-refractivity contribution in [2.75, 3.05) is 35.0 Å². The van der Waals surface area contributed by atoms with Crippen LogP contribution in [0.2, 0.25) is 0 Å². The van der Waals surface area contributed by atoms with E-state index in [1.165, 1.54) is 7.11 Å². The summed E-state index contributed by atoms with van der Waals surface area (Å²) in [4.78, 5) is 12.2. The van der Waals surface area contributed by atoms with Crippen molar-refractivity contribution in [2.24, 2.45) is 0 Å². The average Bonchev–Trinajstić information content (AvgIpc) is 2.64. The van der Waals surface area contributed by atoms with Gasteiger partial charge in [-0.05, 0) is 6.42 Å². The van der Waals surface area contributed by atoms with Crippen LogP contribution in [0.4, 0.5) is 0 Å². The first-order chi connectivity index (χ1) is 12.0. The minimum atomic E-state index is -0.663. The van der Waals surface area contributed by atoms with Crippen molar-refractivity contribution in [3.8, 4) is 0 Å². The summed E-state index contributed by atoms with van der Waals surface area (Å²) in [6.07, 6.45) is -1.08. The first-order valence-corrected chi connectivity index (χ1v) is 8.35. The van der Waals surface area contributed by atoms with Crippen molar-refractivity contribution in [3.63, 3.8) is 0 Å². The molecule has 8 nitrogen and oxygen atoms in total. The number of carbonyl (C=O) groups is 1. The molecule has 146 valence electrons. The van der Waals surface area contributed by atoms with Crippen LogP contribution in [-0.4, -0.2) is 82.8 Å². The van der Waals surface area contributed by atoms with Gasteiger partial charge >= 0.3 is 0 Å². The van der Waals surface area contributed by atoms with Gasteiger partial charge in [0.05, 0.1) is 12.6 Å². The highest BCUT2D eigenvalue weighted by Gasteiger charge is 2.49. The van der Waals surface area contributed by atoms with Crippen LogP contribution in [0.5, 0.6) is 0 Å². The Labute approximate surface area is 149 Å². The molecule has 1 aliphatic rings. The standard InChI is InChI=1S/C17H31NO7/c1-7-8-11(18-16(20)10(2)9-19)12-13(21-3)14(22-4)15(23-5)17(24-6)25-12/h11-15,17,19H,2,7-9H2,1,3-6H3,(H,18,20). The van der Waals surface area contributed by atoms with E-state index in [1.54, 1.807) is 21.3 Å². The maximum absolute atomic E-state index is 12.2. The highest BCUT2D eigenvalue weighted by Crippen LogP contribution is 2.30. The zero-order valence-electron chi connectivity index (χ0n) is 15.7. The lowest BCUT2D eigenvalue weighted by Gasteiger charge is -2.46. The SMILES string of the molecule is C=C(CO)C(=O)NC(CCC)C1OC(OC)C(OC)C(OC)C1OC. The van der Waals surface area contributed by atoms with E-state index in [9.17, 15) is 4.79 Å². The average molecular weight is 361 g/mol. The van der Waals surface area contributed by atoms with E-state index in [-0.39, 0.29) is 11.6 Å². The molecule has 0 aliphatic carbocycles. The molecule has 8 heteroatoms. The summed E-state index contributed by atoms with van der Waals surface area (Å²) >= 11 is 0. The predicted octanol–water partition coefficient (Wildman–Crippen LogP) is 0.236. The van der Waals surface area contributed by atoms with Gasteiger partial charge in [0.2, 0.25) is 5.91 Å². The summed E-state index contributed by atoms with van der Waals surface area (Å²) < 4.78 is 28.1. The molecule has 2 N–H and O–H groups in total. The molecular formula is C17H31NO7. The monoisotopic (exact) mass is 361 g/mol. The number of nitrogens with one attached hydrogen (secondary N) is 1. The summed E-state index contributed by atoms with van der Waals surface area (Å²) in [6.45, 7) is 5.15. The van der Waals surface area contributed by atoms with Crippen LogP contribution in [0.3, 0.4) is 0 Å². The highest BCUT2D eigenvalue weighted by atomic mass is 16.7. The quantitative estimate of drug-likeness (QED) is 0.538. The van der Waals surface area contributed by atoms with Crippen molar-refractivity contribution >= 4 is 5.91 Å². The molecule has 6 unspecified atom stereocenters. The van der Waals surface area contributed by atoms with E-state index >= 15 is 0 Å². The van der Waals surface area contributed by atoms with Gasteiger partial charge in [0, 0.05) is 34.0 Å².